The molecule has 0 aliphatic carbocycles. The first kappa shape index (κ1) is 15.9. The van der Waals surface area contributed by atoms with Crippen molar-refractivity contribution in [2.75, 3.05) is 12.1 Å². The van der Waals surface area contributed by atoms with Crippen LogP contribution in [0.3, 0.4) is 0 Å². The molecule has 1 amide bonds. The average molecular weight is 302 g/mol. The first-order valence-electron chi connectivity index (χ1n) is 5.76. The van der Waals surface area contributed by atoms with Crippen molar-refractivity contribution < 1.29 is 14.7 Å². The van der Waals surface area contributed by atoms with E-state index < -0.39 is 12.0 Å². The number of halogens is 1. The van der Waals surface area contributed by atoms with Crippen LogP contribution in [0.2, 0.25) is 0 Å². The van der Waals surface area contributed by atoms with Crippen molar-refractivity contribution in [3.05, 3.63) is 35.9 Å². The molecule has 19 heavy (non-hydrogen) atoms. The van der Waals surface area contributed by atoms with E-state index in [0.29, 0.717) is 17.9 Å². The Balaban J connectivity index is 2.69. The lowest BCUT2D eigenvalue weighted by Crippen LogP contribution is -2.42. The molecule has 0 aliphatic rings. The minimum Gasteiger partial charge on any atom is -0.480 e. The summed E-state index contributed by atoms with van der Waals surface area (Å²) in [6.45, 7) is 0. The topological polar surface area (TPSA) is 66.4 Å². The zero-order chi connectivity index (χ0) is 14.3. The predicted octanol–water partition coefficient (Wildman–Crippen LogP) is 2.23. The Kier molecular flexibility index (Phi) is 6.73. The molecule has 1 rings (SSSR count). The maximum atomic E-state index is 11.9. The number of rotatable bonds is 7. The first-order valence-corrected chi connectivity index (χ1v) is 7.58. The van der Waals surface area contributed by atoms with Crippen molar-refractivity contribution >= 4 is 35.2 Å². The van der Waals surface area contributed by atoms with Gasteiger partial charge in [0.15, 0.2) is 0 Å². The lowest BCUT2D eigenvalue weighted by molar-refractivity contribution is -0.139. The summed E-state index contributed by atoms with van der Waals surface area (Å²) in [5.41, 5.74) is 0.445. The van der Waals surface area contributed by atoms with Crippen LogP contribution in [-0.2, 0) is 4.79 Å². The number of carboxylic acids is 1. The molecule has 0 radical (unpaired) electrons. The lowest BCUT2D eigenvalue weighted by Gasteiger charge is -2.18. The Morgan fingerprint density at radius 1 is 1.37 bits per heavy atom. The molecule has 4 nitrogen and oxygen atoms in total. The monoisotopic (exact) mass is 301 g/mol. The number of benzene rings is 1. The number of carbonyl (C=O) groups excluding carboxylic acids is 1. The van der Waals surface area contributed by atoms with E-state index in [2.05, 4.69) is 5.32 Å². The highest BCUT2D eigenvalue weighted by Crippen LogP contribution is 2.15. The molecule has 0 aromatic heterocycles. The molecule has 6 heteroatoms. The number of nitrogens with one attached hydrogen (secondary N) is 1. The molecule has 104 valence electrons. The molecule has 0 saturated carbocycles. The normalized spacial score (nSPS) is 13.6. The van der Waals surface area contributed by atoms with Gasteiger partial charge in [0.05, 0.1) is 0 Å². The van der Waals surface area contributed by atoms with Gasteiger partial charge in [-0.3, -0.25) is 4.79 Å². The van der Waals surface area contributed by atoms with E-state index in [1.165, 1.54) is 11.8 Å². The van der Waals surface area contributed by atoms with Crippen molar-refractivity contribution in [2.45, 2.75) is 17.7 Å². The second-order valence-corrected chi connectivity index (χ2v) is 5.42. The van der Waals surface area contributed by atoms with Crippen molar-refractivity contribution in [1.29, 1.82) is 0 Å². The van der Waals surface area contributed by atoms with Crippen LogP contribution in [0, 0.1) is 0 Å². The molecule has 0 heterocycles. The lowest BCUT2D eigenvalue weighted by atomic mass is 10.1. The molecule has 0 bridgehead atoms. The second-order valence-electron chi connectivity index (χ2n) is 3.98. The third-order valence-electron chi connectivity index (χ3n) is 2.64. The molecule has 0 saturated heterocycles. The van der Waals surface area contributed by atoms with Gasteiger partial charge >= 0.3 is 5.97 Å². The number of hydrogen-bond acceptors (Lipinski definition) is 3. The van der Waals surface area contributed by atoms with E-state index >= 15 is 0 Å². The predicted molar refractivity (Wildman–Crippen MR) is 78.0 cm³/mol. The summed E-state index contributed by atoms with van der Waals surface area (Å²) in [6, 6.07) is 7.61. The molecule has 0 aliphatic heterocycles. The fourth-order valence-corrected chi connectivity index (χ4v) is 2.55. The van der Waals surface area contributed by atoms with Crippen molar-refractivity contribution in [2.24, 2.45) is 0 Å². The number of alkyl halides is 1. The fourth-order valence-electron chi connectivity index (χ4n) is 1.54. The van der Waals surface area contributed by atoms with E-state index in [4.69, 9.17) is 16.7 Å². The van der Waals surface area contributed by atoms with Crippen LogP contribution in [0.5, 0.6) is 0 Å². The van der Waals surface area contributed by atoms with Crippen molar-refractivity contribution in [3.8, 4) is 0 Å². The number of aliphatic carboxylic acids is 1. The fraction of sp³-hybridized carbons (Fsp3) is 0.385. The van der Waals surface area contributed by atoms with Crippen LogP contribution >= 0.6 is 23.4 Å². The first-order chi connectivity index (χ1) is 9.08. The maximum absolute atomic E-state index is 11.9. The molecular weight excluding hydrogens is 286 g/mol. The summed E-state index contributed by atoms with van der Waals surface area (Å²) in [6.07, 6.45) is 2.17. The van der Waals surface area contributed by atoms with Crippen molar-refractivity contribution in [3.63, 3.8) is 0 Å². The highest BCUT2D eigenvalue weighted by molar-refractivity contribution is 7.99. The van der Waals surface area contributed by atoms with Gasteiger partial charge in [-0.1, -0.05) is 18.2 Å². The van der Waals surface area contributed by atoms with Gasteiger partial charge in [0.1, 0.15) is 6.04 Å². The molecule has 0 spiro atoms. The van der Waals surface area contributed by atoms with Gasteiger partial charge in [-0.25, -0.2) is 4.79 Å². The van der Waals surface area contributed by atoms with Crippen LogP contribution in [0.1, 0.15) is 16.8 Å². The Hall–Kier alpha value is -1.20. The van der Waals surface area contributed by atoms with E-state index in [1.54, 1.807) is 30.3 Å². The standard InChI is InChI=1S/C13H16ClNO3S/c1-19-10(8-14)7-11(13(17)18)15-12(16)9-5-3-2-4-6-9/h2-6,10-11H,7-8H2,1H3,(H,15,16)(H,17,18). The van der Waals surface area contributed by atoms with Gasteiger partial charge in [-0.15, -0.1) is 11.6 Å². The van der Waals surface area contributed by atoms with Gasteiger partial charge < -0.3 is 10.4 Å². The SMILES string of the molecule is CSC(CCl)CC(NC(=O)c1ccccc1)C(=O)O. The van der Waals surface area contributed by atoms with Crippen LogP contribution < -0.4 is 5.32 Å². The molecule has 1 aromatic rings. The zero-order valence-corrected chi connectivity index (χ0v) is 12.1. The highest BCUT2D eigenvalue weighted by atomic mass is 35.5. The summed E-state index contributed by atoms with van der Waals surface area (Å²) in [5, 5.41) is 11.7. The minimum atomic E-state index is -1.05. The third kappa shape index (κ3) is 5.12. The van der Waals surface area contributed by atoms with E-state index in [9.17, 15) is 9.59 Å². The van der Waals surface area contributed by atoms with Crippen LogP contribution in [0.25, 0.3) is 0 Å². The minimum absolute atomic E-state index is 0.00107. The Morgan fingerprint density at radius 2 is 2.00 bits per heavy atom. The molecule has 2 atom stereocenters. The van der Waals surface area contributed by atoms with E-state index in [1.807, 2.05) is 6.26 Å². The zero-order valence-electron chi connectivity index (χ0n) is 10.5. The van der Waals surface area contributed by atoms with Crippen LogP contribution in [0.4, 0.5) is 0 Å². The third-order valence-corrected chi connectivity index (χ3v) is 4.22. The second kappa shape index (κ2) is 8.07. The number of thioether (sulfide) groups is 1. The Labute approximate surface area is 121 Å². The van der Waals surface area contributed by atoms with Crippen LogP contribution in [-0.4, -0.2) is 40.4 Å². The van der Waals surface area contributed by atoms with Gasteiger partial charge in [-0.2, -0.15) is 11.8 Å². The van der Waals surface area contributed by atoms with Crippen molar-refractivity contribution in [1.82, 2.24) is 5.32 Å². The quantitative estimate of drug-likeness (QED) is 0.758. The van der Waals surface area contributed by atoms with Gasteiger partial charge in [0, 0.05) is 16.7 Å². The summed E-state index contributed by atoms with van der Waals surface area (Å²) < 4.78 is 0. The largest absolute Gasteiger partial charge is 0.480 e. The van der Waals surface area contributed by atoms with Gasteiger partial charge in [0.25, 0.3) is 5.91 Å². The molecule has 1 aromatic carbocycles. The Bertz CT molecular complexity index is 423. The van der Waals surface area contributed by atoms with E-state index in [-0.39, 0.29) is 11.2 Å². The maximum Gasteiger partial charge on any atom is 0.326 e. The van der Waals surface area contributed by atoms with Gasteiger partial charge in [0.2, 0.25) is 0 Å². The summed E-state index contributed by atoms with van der Waals surface area (Å²) >= 11 is 7.24. The smallest absolute Gasteiger partial charge is 0.326 e. The average Bonchev–Trinajstić information content (AvgIpc) is 2.43. The number of carboxylic acid groups (broad SMARTS) is 1. The number of hydrogen-bond donors (Lipinski definition) is 2. The summed E-state index contributed by atoms with van der Waals surface area (Å²) in [7, 11) is 0. The van der Waals surface area contributed by atoms with Gasteiger partial charge in [-0.05, 0) is 24.8 Å². The Morgan fingerprint density at radius 3 is 2.47 bits per heavy atom. The van der Waals surface area contributed by atoms with Crippen LogP contribution in [0.15, 0.2) is 30.3 Å². The molecular formula is C13H16ClNO3S. The molecule has 2 unspecified atom stereocenters. The number of carbonyl (C=O) groups is 2. The molecule has 0 fully saturated rings. The molecule has 2 N–H and O–H groups in total. The summed E-state index contributed by atoms with van der Waals surface area (Å²) in [4.78, 5) is 23.1. The number of amides is 1. The van der Waals surface area contributed by atoms with E-state index in [0.717, 1.165) is 0 Å². The summed E-state index contributed by atoms with van der Waals surface area (Å²) in [5.74, 6) is -1.08. The highest BCUT2D eigenvalue weighted by Gasteiger charge is 2.24.